The van der Waals surface area contributed by atoms with Crippen LogP contribution in [-0.2, 0) is 4.79 Å². The number of aliphatic hydroxyl groups excluding tert-OH is 2. The summed E-state index contributed by atoms with van der Waals surface area (Å²) < 4.78 is 0. The summed E-state index contributed by atoms with van der Waals surface area (Å²) >= 11 is 0. The molecular formula is C31H52O4. The van der Waals surface area contributed by atoms with E-state index in [2.05, 4.69) is 54.5 Å². The molecule has 8 atom stereocenters. The number of carbonyl (C=O) groups is 1. The lowest BCUT2D eigenvalue weighted by Crippen LogP contribution is -2.63. The Morgan fingerprint density at radius 2 is 1.69 bits per heavy atom. The molecule has 0 aromatic heterocycles. The van der Waals surface area contributed by atoms with Crippen molar-refractivity contribution >= 4 is 5.97 Å². The van der Waals surface area contributed by atoms with Crippen molar-refractivity contribution in [3.8, 4) is 0 Å². The number of aliphatic hydroxyl groups is 2. The van der Waals surface area contributed by atoms with E-state index in [4.69, 9.17) is 0 Å². The molecule has 0 radical (unpaired) electrons. The number of carboxylic acids is 1. The molecule has 8 unspecified atom stereocenters. The fourth-order valence-corrected chi connectivity index (χ4v) is 10.2. The molecule has 3 fully saturated rings. The predicted molar refractivity (Wildman–Crippen MR) is 141 cm³/mol. The third-order valence-corrected chi connectivity index (χ3v) is 12.2. The van der Waals surface area contributed by atoms with Gasteiger partial charge in [0.15, 0.2) is 0 Å². The van der Waals surface area contributed by atoms with E-state index in [-0.39, 0.29) is 34.2 Å². The summed E-state index contributed by atoms with van der Waals surface area (Å²) in [6.07, 6.45) is 11.9. The minimum absolute atomic E-state index is 0.00176. The van der Waals surface area contributed by atoms with Gasteiger partial charge in [-0.1, -0.05) is 66.5 Å². The quantitative estimate of drug-likeness (QED) is 0.365. The molecular weight excluding hydrogens is 436 g/mol. The molecule has 0 amide bonds. The van der Waals surface area contributed by atoms with Crippen molar-refractivity contribution in [3.63, 3.8) is 0 Å². The molecule has 4 aliphatic rings. The molecule has 0 spiro atoms. The van der Waals surface area contributed by atoms with Crippen molar-refractivity contribution in [3.05, 3.63) is 11.6 Å². The summed E-state index contributed by atoms with van der Waals surface area (Å²) in [6.45, 7) is 16.7. The second-order valence-corrected chi connectivity index (χ2v) is 15.1. The molecule has 35 heavy (non-hydrogen) atoms. The van der Waals surface area contributed by atoms with Crippen molar-refractivity contribution < 1.29 is 20.1 Å². The van der Waals surface area contributed by atoms with Crippen LogP contribution < -0.4 is 0 Å². The molecule has 3 saturated carbocycles. The lowest BCUT2D eigenvalue weighted by molar-refractivity contribution is -0.199. The highest BCUT2D eigenvalue weighted by Crippen LogP contribution is 2.72. The minimum Gasteiger partial charge on any atom is -0.481 e. The number of rotatable bonds is 5. The van der Waals surface area contributed by atoms with Crippen LogP contribution in [0.25, 0.3) is 0 Å². The highest BCUT2D eigenvalue weighted by atomic mass is 16.4. The van der Waals surface area contributed by atoms with Crippen LogP contribution in [-0.4, -0.2) is 33.5 Å². The van der Waals surface area contributed by atoms with E-state index in [1.807, 2.05) is 0 Å². The number of hydrogen-bond acceptors (Lipinski definition) is 3. The van der Waals surface area contributed by atoms with Crippen molar-refractivity contribution in [2.75, 3.05) is 0 Å². The average Bonchev–Trinajstić information content (AvgIpc) is 2.71. The van der Waals surface area contributed by atoms with Crippen LogP contribution in [0.5, 0.6) is 0 Å². The van der Waals surface area contributed by atoms with Crippen LogP contribution in [0.1, 0.15) is 119 Å². The van der Waals surface area contributed by atoms with Gasteiger partial charge in [-0.2, -0.15) is 0 Å². The number of fused-ring (bicyclic) bond motifs is 3. The molecule has 4 nitrogen and oxygen atoms in total. The second kappa shape index (κ2) is 8.86. The van der Waals surface area contributed by atoms with Gasteiger partial charge in [-0.25, -0.2) is 0 Å². The van der Waals surface area contributed by atoms with Crippen LogP contribution in [0, 0.1) is 44.8 Å². The molecule has 3 N–H and O–H groups in total. The maximum absolute atomic E-state index is 11.5. The largest absolute Gasteiger partial charge is 0.481 e. The third kappa shape index (κ3) is 4.33. The number of aliphatic carboxylic acids is 1. The van der Waals surface area contributed by atoms with E-state index in [0.717, 1.165) is 32.1 Å². The van der Waals surface area contributed by atoms with E-state index in [0.29, 0.717) is 29.6 Å². The number of carboxylic acid groups (broad SMARTS) is 1. The summed E-state index contributed by atoms with van der Waals surface area (Å²) in [5.41, 5.74) is 1.67. The zero-order valence-corrected chi connectivity index (χ0v) is 23.5. The standard InChI is InChI=1S/C31H52O4/c1-27(2)14-8-9-20(18-27)22-10-11-24-29(5)15-13-25(33)28(3,4)23(29)12-16-30(24,6)31(22,7)19-21(32)17-26(34)35/h10,20-21,23-25,32-33H,8-9,11-19H2,1-7H3,(H,34,35). The molecule has 0 aliphatic heterocycles. The summed E-state index contributed by atoms with van der Waals surface area (Å²) in [7, 11) is 0. The molecule has 0 heterocycles. The van der Waals surface area contributed by atoms with Crippen LogP contribution in [0.15, 0.2) is 11.6 Å². The van der Waals surface area contributed by atoms with Crippen LogP contribution in [0.2, 0.25) is 0 Å². The summed E-state index contributed by atoms with van der Waals surface area (Å²) in [6, 6.07) is 0. The third-order valence-electron chi connectivity index (χ3n) is 12.2. The number of hydrogen-bond donors (Lipinski definition) is 3. The second-order valence-electron chi connectivity index (χ2n) is 15.1. The molecule has 0 saturated heterocycles. The fraction of sp³-hybridized carbons (Fsp3) is 0.903. The molecule has 200 valence electrons. The summed E-state index contributed by atoms with van der Waals surface area (Å²) in [5.74, 6) is 0.562. The SMILES string of the molecule is CC1(C)CCCC(C2=CCC3C4(C)CCC(O)C(C)(C)C4CCC3(C)C2(C)CC(O)CC(=O)O)C1. The molecule has 0 aromatic rings. The maximum Gasteiger partial charge on any atom is 0.305 e. The van der Waals surface area contributed by atoms with Gasteiger partial charge in [-0.15, -0.1) is 0 Å². The van der Waals surface area contributed by atoms with E-state index in [1.54, 1.807) is 0 Å². The summed E-state index contributed by atoms with van der Waals surface area (Å²) in [5, 5.41) is 31.4. The van der Waals surface area contributed by atoms with Gasteiger partial charge in [0.25, 0.3) is 0 Å². The Morgan fingerprint density at radius 1 is 1.00 bits per heavy atom. The van der Waals surface area contributed by atoms with E-state index >= 15 is 0 Å². The highest BCUT2D eigenvalue weighted by Gasteiger charge is 2.66. The topological polar surface area (TPSA) is 77.8 Å². The average molecular weight is 489 g/mol. The van der Waals surface area contributed by atoms with E-state index in [9.17, 15) is 20.1 Å². The van der Waals surface area contributed by atoms with Gasteiger partial charge in [-0.05, 0) is 103 Å². The van der Waals surface area contributed by atoms with Gasteiger partial charge in [0.1, 0.15) is 0 Å². The summed E-state index contributed by atoms with van der Waals surface area (Å²) in [4.78, 5) is 11.5. The first-order valence-electron chi connectivity index (χ1n) is 14.4. The van der Waals surface area contributed by atoms with Gasteiger partial charge in [-0.3, -0.25) is 4.79 Å². The van der Waals surface area contributed by atoms with E-state index in [1.165, 1.54) is 31.3 Å². The van der Waals surface area contributed by atoms with Gasteiger partial charge in [0, 0.05) is 0 Å². The van der Waals surface area contributed by atoms with Crippen molar-refractivity contribution in [2.45, 2.75) is 131 Å². The Hall–Kier alpha value is -0.870. The molecule has 4 heteroatoms. The van der Waals surface area contributed by atoms with Gasteiger partial charge >= 0.3 is 5.97 Å². The van der Waals surface area contributed by atoms with Crippen LogP contribution in [0.4, 0.5) is 0 Å². The first-order valence-corrected chi connectivity index (χ1v) is 14.4. The Labute approximate surface area is 214 Å². The van der Waals surface area contributed by atoms with Crippen molar-refractivity contribution in [1.82, 2.24) is 0 Å². The van der Waals surface area contributed by atoms with Crippen molar-refractivity contribution in [1.29, 1.82) is 0 Å². The zero-order valence-electron chi connectivity index (χ0n) is 23.5. The Balaban J connectivity index is 1.78. The van der Waals surface area contributed by atoms with E-state index < -0.39 is 12.1 Å². The smallest absolute Gasteiger partial charge is 0.305 e. The van der Waals surface area contributed by atoms with Gasteiger partial charge in [0.2, 0.25) is 0 Å². The lowest BCUT2D eigenvalue weighted by atomic mass is 9.35. The van der Waals surface area contributed by atoms with Gasteiger partial charge in [0.05, 0.1) is 18.6 Å². The molecule has 4 rings (SSSR count). The fourth-order valence-electron chi connectivity index (χ4n) is 10.2. The van der Waals surface area contributed by atoms with Crippen LogP contribution >= 0.6 is 0 Å². The minimum atomic E-state index is -0.915. The van der Waals surface area contributed by atoms with Crippen molar-refractivity contribution in [2.24, 2.45) is 44.8 Å². The molecule has 0 aromatic carbocycles. The Morgan fingerprint density at radius 3 is 2.31 bits per heavy atom. The first-order chi connectivity index (χ1) is 16.1. The van der Waals surface area contributed by atoms with Crippen LogP contribution in [0.3, 0.4) is 0 Å². The lowest BCUT2D eigenvalue weighted by Gasteiger charge is -2.69. The predicted octanol–water partition coefficient (Wildman–Crippen LogP) is 6.98. The van der Waals surface area contributed by atoms with Gasteiger partial charge < -0.3 is 15.3 Å². The zero-order chi connectivity index (χ0) is 26.0. The monoisotopic (exact) mass is 488 g/mol. The normalized spacial score (nSPS) is 45.6. The Bertz CT molecular complexity index is 858. The molecule has 4 aliphatic carbocycles. The Kier molecular flexibility index (Phi) is 6.88. The molecule has 0 bridgehead atoms. The maximum atomic E-state index is 11.5. The highest BCUT2D eigenvalue weighted by molar-refractivity contribution is 5.67. The first kappa shape index (κ1) is 27.2. The number of allylic oxidation sites excluding steroid dienone is 2.